The Kier molecular flexibility index (Phi) is 5.34. The Morgan fingerprint density at radius 3 is 2.26 bits per heavy atom. The van der Waals surface area contributed by atoms with Crippen LogP contribution in [0.3, 0.4) is 0 Å². The van der Waals surface area contributed by atoms with Gasteiger partial charge in [0.05, 0.1) is 5.41 Å². The molecule has 0 aromatic rings. The standard InChI is InChI=1S/C12H24N2O4S/c1-4-12(11(15)16)5-7-14(8-6-12)19(17,18)13-9-10(2)3/h10,13H,4-9H2,1-3H3,(H,15,16). The highest BCUT2D eigenvalue weighted by Gasteiger charge is 2.42. The van der Waals surface area contributed by atoms with Crippen molar-refractivity contribution in [1.82, 2.24) is 9.03 Å². The zero-order chi connectivity index (χ0) is 14.7. The van der Waals surface area contributed by atoms with Crippen LogP contribution < -0.4 is 4.72 Å². The third-order valence-corrected chi connectivity index (χ3v) is 5.40. The number of carbonyl (C=O) groups is 1. The van der Waals surface area contributed by atoms with Crippen LogP contribution in [-0.2, 0) is 15.0 Å². The Hall–Kier alpha value is -0.660. The molecule has 1 saturated heterocycles. The highest BCUT2D eigenvalue weighted by Crippen LogP contribution is 2.35. The summed E-state index contributed by atoms with van der Waals surface area (Å²) in [5.41, 5.74) is -0.760. The zero-order valence-corrected chi connectivity index (χ0v) is 12.7. The van der Waals surface area contributed by atoms with Gasteiger partial charge in [0, 0.05) is 19.6 Å². The van der Waals surface area contributed by atoms with Crippen molar-refractivity contribution in [2.24, 2.45) is 11.3 Å². The van der Waals surface area contributed by atoms with E-state index in [9.17, 15) is 18.3 Å². The second-order valence-corrected chi connectivity index (χ2v) is 7.34. The Bertz CT molecular complexity index is 411. The molecule has 0 aliphatic carbocycles. The van der Waals surface area contributed by atoms with E-state index in [4.69, 9.17) is 0 Å². The van der Waals surface area contributed by atoms with Gasteiger partial charge in [0.15, 0.2) is 0 Å². The summed E-state index contributed by atoms with van der Waals surface area (Å²) in [6.07, 6.45) is 1.29. The molecule has 0 aromatic carbocycles. The Morgan fingerprint density at radius 1 is 1.37 bits per heavy atom. The smallest absolute Gasteiger partial charge is 0.309 e. The van der Waals surface area contributed by atoms with Gasteiger partial charge in [-0.3, -0.25) is 4.79 Å². The van der Waals surface area contributed by atoms with Crippen LogP contribution >= 0.6 is 0 Å². The first kappa shape index (κ1) is 16.4. The van der Waals surface area contributed by atoms with Crippen LogP contribution in [0.15, 0.2) is 0 Å². The molecule has 1 aliphatic heterocycles. The van der Waals surface area contributed by atoms with Gasteiger partial charge in [-0.25, -0.2) is 4.72 Å². The van der Waals surface area contributed by atoms with E-state index in [2.05, 4.69) is 4.72 Å². The quantitative estimate of drug-likeness (QED) is 0.766. The molecule has 7 heteroatoms. The predicted octanol–water partition coefficient (Wildman–Crippen LogP) is 1.05. The number of carboxylic acids is 1. The van der Waals surface area contributed by atoms with E-state index in [0.717, 1.165) is 0 Å². The van der Waals surface area contributed by atoms with Crippen molar-refractivity contribution in [2.75, 3.05) is 19.6 Å². The highest BCUT2D eigenvalue weighted by atomic mass is 32.2. The summed E-state index contributed by atoms with van der Waals surface area (Å²) in [7, 11) is -3.47. The van der Waals surface area contributed by atoms with E-state index in [1.165, 1.54) is 4.31 Å². The van der Waals surface area contributed by atoms with E-state index in [0.29, 0.717) is 25.8 Å². The van der Waals surface area contributed by atoms with Gasteiger partial charge in [-0.05, 0) is 25.2 Å². The van der Waals surface area contributed by atoms with Crippen molar-refractivity contribution in [3.05, 3.63) is 0 Å². The molecule has 0 amide bonds. The first-order valence-corrected chi connectivity index (χ1v) is 8.15. The lowest BCUT2D eigenvalue weighted by Crippen LogP contribution is -2.50. The van der Waals surface area contributed by atoms with Crippen molar-refractivity contribution >= 4 is 16.2 Å². The number of carboxylic acid groups (broad SMARTS) is 1. The van der Waals surface area contributed by atoms with E-state index in [1.54, 1.807) is 0 Å². The molecule has 1 rings (SSSR count). The van der Waals surface area contributed by atoms with E-state index < -0.39 is 21.6 Å². The zero-order valence-electron chi connectivity index (χ0n) is 11.8. The largest absolute Gasteiger partial charge is 0.481 e. The van der Waals surface area contributed by atoms with Crippen LogP contribution in [0.2, 0.25) is 0 Å². The summed E-state index contributed by atoms with van der Waals surface area (Å²) in [5.74, 6) is -0.574. The van der Waals surface area contributed by atoms with Gasteiger partial charge in [-0.1, -0.05) is 20.8 Å². The molecule has 0 spiro atoms. The van der Waals surface area contributed by atoms with Gasteiger partial charge in [0.25, 0.3) is 10.2 Å². The number of nitrogens with one attached hydrogen (secondary N) is 1. The summed E-state index contributed by atoms with van der Waals surface area (Å²) in [6, 6.07) is 0. The van der Waals surface area contributed by atoms with Gasteiger partial charge in [0.2, 0.25) is 0 Å². The molecule has 0 saturated carbocycles. The van der Waals surface area contributed by atoms with E-state index in [1.807, 2.05) is 20.8 Å². The molecule has 0 radical (unpaired) electrons. The van der Waals surface area contributed by atoms with Gasteiger partial charge >= 0.3 is 5.97 Å². The van der Waals surface area contributed by atoms with Crippen LogP contribution in [0.25, 0.3) is 0 Å². The second-order valence-electron chi connectivity index (χ2n) is 5.59. The fourth-order valence-electron chi connectivity index (χ4n) is 2.24. The molecule has 1 heterocycles. The summed E-state index contributed by atoms with van der Waals surface area (Å²) >= 11 is 0. The number of piperidine rings is 1. The second kappa shape index (κ2) is 6.19. The molecule has 0 aromatic heterocycles. The fraction of sp³-hybridized carbons (Fsp3) is 0.917. The molecule has 112 valence electrons. The van der Waals surface area contributed by atoms with Gasteiger partial charge in [0.1, 0.15) is 0 Å². The van der Waals surface area contributed by atoms with Gasteiger partial charge in [-0.2, -0.15) is 12.7 Å². The van der Waals surface area contributed by atoms with E-state index in [-0.39, 0.29) is 19.0 Å². The minimum absolute atomic E-state index is 0.244. The average Bonchev–Trinajstić information content (AvgIpc) is 2.36. The van der Waals surface area contributed by atoms with Gasteiger partial charge in [-0.15, -0.1) is 0 Å². The molecule has 1 fully saturated rings. The monoisotopic (exact) mass is 292 g/mol. The van der Waals surface area contributed by atoms with Crippen LogP contribution in [0.4, 0.5) is 0 Å². The minimum atomic E-state index is -3.47. The number of nitrogens with zero attached hydrogens (tertiary/aromatic N) is 1. The molecule has 6 nitrogen and oxygen atoms in total. The lowest BCUT2D eigenvalue weighted by Gasteiger charge is -2.37. The Balaban J connectivity index is 2.65. The van der Waals surface area contributed by atoms with E-state index >= 15 is 0 Å². The molecule has 0 bridgehead atoms. The number of aliphatic carboxylic acids is 1. The summed E-state index contributed by atoms with van der Waals surface area (Å²) in [4.78, 5) is 11.3. The topological polar surface area (TPSA) is 86.7 Å². The van der Waals surface area contributed by atoms with Crippen molar-refractivity contribution < 1.29 is 18.3 Å². The summed E-state index contributed by atoms with van der Waals surface area (Å²) in [6.45, 7) is 6.66. The average molecular weight is 292 g/mol. The molecular formula is C12H24N2O4S. The fourth-order valence-corrected chi connectivity index (χ4v) is 3.63. The van der Waals surface area contributed by atoms with Crippen LogP contribution in [-0.4, -0.2) is 43.4 Å². The summed E-state index contributed by atoms with van der Waals surface area (Å²) < 4.78 is 28.0. The SMILES string of the molecule is CCC1(C(=O)O)CCN(S(=O)(=O)NCC(C)C)CC1. The molecule has 0 unspecified atom stereocenters. The number of hydrogen-bond donors (Lipinski definition) is 2. The first-order valence-electron chi connectivity index (χ1n) is 6.71. The van der Waals surface area contributed by atoms with Crippen LogP contribution in [0.5, 0.6) is 0 Å². The first-order chi connectivity index (χ1) is 8.73. The lowest BCUT2D eigenvalue weighted by atomic mass is 9.77. The maximum absolute atomic E-state index is 12.0. The van der Waals surface area contributed by atoms with Crippen LogP contribution in [0.1, 0.15) is 40.0 Å². The third kappa shape index (κ3) is 3.90. The van der Waals surface area contributed by atoms with Crippen molar-refractivity contribution in [1.29, 1.82) is 0 Å². The minimum Gasteiger partial charge on any atom is -0.481 e. The van der Waals surface area contributed by atoms with Crippen molar-refractivity contribution in [2.45, 2.75) is 40.0 Å². The molecule has 2 N–H and O–H groups in total. The van der Waals surface area contributed by atoms with Crippen molar-refractivity contribution in [3.8, 4) is 0 Å². The number of rotatable bonds is 6. The van der Waals surface area contributed by atoms with Crippen molar-refractivity contribution in [3.63, 3.8) is 0 Å². The molecule has 1 aliphatic rings. The Labute approximate surface area is 115 Å². The third-order valence-electron chi connectivity index (χ3n) is 3.82. The maximum Gasteiger partial charge on any atom is 0.309 e. The maximum atomic E-state index is 12.0. The predicted molar refractivity (Wildman–Crippen MR) is 72.9 cm³/mol. The molecule has 19 heavy (non-hydrogen) atoms. The lowest BCUT2D eigenvalue weighted by molar-refractivity contribution is -0.151. The van der Waals surface area contributed by atoms with Crippen LogP contribution in [0, 0.1) is 11.3 Å². The normalized spacial score (nSPS) is 20.6. The molecular weight excluding hydrogens is 268 g/mol. The van der Waals surface area contributed by atoms with Gasteiger partial charge < -0.3 is 5.11 Å². The summed E-state index contributed by atoms with van der Waals surface area (Å²) in [5, 5.41) is 9.27. The molecule has 0 atom stereocenters. The highest BCUT2D eigenvalue weighted by molar-refractivity contribution is 7.87. The number of hydrogen-bond acceptors (Lipinski definition) is 3. The Morgan fingerprint density at radius 2 is 1.89 bits per heavy atom.